The van der Waals surface area contributed by atoms with Crippen LogP contribution in [0.5, 0.6) is 0 Å². The van der Waals surface area contributed by atoms with E-state index in [0.29, 0.717) is 15.8 Å². The minimum atomic E-state index is -0.0488. The highest BCUT2D eigenvalue weighted by atomic mass is 79.9. The normalized spacial score (nSPS) is 17.0. The topological polar surface area (TPSA) is 20.3 Å². The molecule has 0 unspecified atom stereocenters. The number of thioether (sulfide) groups is 1. The van der Waals surface area contributed by atoms with Crippen LogP contribution in [0.4, 0.5) is 0 Å². The number of halogens is 1. The Morgan fingerprint density at radius 2 is 1.71 bits per heavy atom. The molecule has 1 saturated heterocycles. The molecule has 3 rings (SSSR count). The highest BCUT2D eigenvalue weighted by Crippen LogP contribution is 2.34. The van der Waals surface area contributed by atoms with E-state index in [2.05, 4.69) is 15.9 Å². The van der Waals surface area contributed by atoms with Gasteiger partial charge >= 0.3 is 0 Å². The monoisotopic (exact) mass is 415 g/mol. The van der Waals surface area contributed by atoms with E-state index >= 15 is 0 Å². The zero-order chi connectivity index (χ0) is 16.9. The van der Waals surface area contributed by atoms with Crippen LogP contribution in [0, 0.1) is 0 Å². The lowest BCUT2D eigenvalue weighted by atomic mass is 10.2. The van der Waals surface area contributed by atoms with Crippen molar-refractivity contribution in [2.24, 2.45) is 0 Å². The maximum Gasteiger partial charge on any atom is 0.266 e. The van der Waals surface area contributed by atoms with Crippen LogP contribution >= 0.6 is 39.9 Å². The van der Waals surface area contributed by atoms with Crippen molar-refractivity contribution in [1.29, 1.82) is 0 Å². The minimum absolute atomic E-state index is 0.0488. The summed E-state index contributed by atoms with van der Waals surface area (Å²) in [6, 6.07) is 19.8. The van der Waals surface area contributed by atoms with Gasteiger partial charge in [-0.3, -0.25) is 9.69 Å². The van der Waals surface area contributed by atoms with E-state index in [1.165, 1.54) is 11.8 Å². The fourth-order valence-electron chi connectivity index (χ4n) is 2.28. The first-order chi connectivity index (χ1) is 11.6. The van der Waals surface area contributed by atoms with Crippen LogP contribution in [0.25, 0.3) is 6.08 Å². The summed E-state index contributed by atoms with van der Waals surface area (Å²) >= 11 is 10.2. The number of hydrogen-bond acceptors (Lipinski definition) is 3. The number of allylic oxidation sites excluding steroid dienone is 2. The van der Waals surface area contributed by atoms with Crippen molar-refractivity contribution in [2.75, 3.05) is 0 Å². The molecule has 2 aromatic carbocycles. The van der Waals surface area contributed by atoms with Crippen molar-refractivity contribution in [1.82, 2.24) is 4.90 Å². The Bertz CT molecular complexity index is 816. The Balaban J connectivity index is 1.77. The molecule has 2 nitrogen and oxygen atoms in total. The number of nitrogens with zero attached hydrogens (tertiary/aromatic N) is 1. The van der Waals surface area contributed by atoms with Crippen molar-refractivity contribution < 1.29 is 4.79 Å². The molecule has 0 N–H and O–H groups in total. The second-order valence-electron chi connectivity index (χ2n) is 5.19. The number of benzene rings is 2. The van der Waals surface area contributed by atoms with Crippen molar-refractivity contribution in [3.8, 4) is 0 Å². The fourth-order valence-corrected chi connectivity index (χ4v) is 4.17. The van der Waals surface area contributed by atoms with Crippen LogP contribution in [0.1, 0.15) is 11.1 Å². The number of carbonyl (C=O) groups is 1. The Morgan fingerprint density at radius 3 is 2.38 bits per heavy atom. The molecule has 1 aliphatic heterocycles. The fraction of sp³-hybridized carbons (Fsp3) is 0.0526. The van der Waals surface area contributed by atoms with Gasteiger partial charge < -0.3 is 0 Å². The van der Waals surface area contributed by atoms with Gasteiger partial charge in [0.2, 0.25) is 0 Å². The van der Waals surface area contributed by atoms with Crippen LogP contribution in [0.3, 0.4) is 0 Å². The molecule has 1 fully saturated rings. The van der Waals surface area contributed by atoms with E-state index in [1.807, 2.05) is 72.8 Å². The summed E-state index contributed by atoms with van der Waals surface area (Å²) in [5, 5.41) is 0. The summed E-state index contributed by atoms with van der Waals surface area (Å²) < 4.78 is 1.43. The van der Waals surface area contributed by atoms with E-state index in [1.54, 1.807) is 4.90 Å². The van der Waals surface area contributed by atoms with Gasteiger partial charge in [0.1, 0.15) is 4.32 Å². The zero-order valence-corrected chi connectivity index (χ0v) is 15.9. The highest BCUT2D eigenvalue weighted by Gasteiger charge is 2.31. The summed E-state index contributed by atoms with van der Waals surface area (Å²) in [5.41, 5.74) is 2.13. The third-order valence-corrected chi connectivity index (χ3v) is 5.27. The first-order valence-electron chi connectivity index (χ1n) is 7.35. The average molecular weight is 416 g/mol. The number of rotatable bonds is 4. The quantitative estimate of drug-likeness (QED) is 0.494. The minimum Gasteiger partial charge on any atom is -0.288 e. The van der Waals surface area contributed by atoms with Crippen LogP contribution in [0.15, 0.2) is 76.1 Å². The molecule has 1 heterocycles. The first-order valence-corrected chi connectivity index (χ1v) is 9.37. The summed E-state index contributed by atoms with van der Waals surface area (Å²) in [6.07, 6.45) is 3.81. The average Bonchev–Trinajstić information content (AvgIpc) is 2.84. The molecule has 0 aliphatic carbocycles. The zero-order valence-electron chi connectivity index (χ0n) is 12.7. The van der Waals surface area contributed by atoms with Gasteiger partial charge in [-0.15, -0.1) is 0 Å². The number of thiocarbonyl (C=S) groups is 1. The maximum absolute atomic E-state index is 12.6. The van der Waals surface area contributed by atoms with Gasteiger partial charge in [-0.2, -0.15) is 0 Å². The van der Waals surface area contributed by atoms with Crippen LogP contribution in [-0.2, 0) is 11.3 Å². The van der Waals surface area contributed by atoms with Crippen LogP contribution in [0.2, 0.25) is 0 Å². The highest BCUT2D eigenvalue weighted by molar-refractivity contribution is 9.12. The molecule has 0 aromatic heterocycles. The molecule has 24 heavy (non-hydrogen) atoms. The summed E-state index contributed by atoms with van der Waals surface area (Å²) in [5.74, 6) is -0.0488. The van der Waals surface area contributed by atoms with Gasteiger partial charge in [-0.05, 0) is 23.3 Å². The van der Waals surface area contributed by atoms with E-state index in [0.717, 1.165) is 15.6 Å². The van der Waals surface area contributed by atoms with Crippen molar-refractivity contribution in [2.45, 2.75) is 6.54 Å². The molecule has 1 aliphatic rings. The standard InChI is InChI=1S/C19H14BrNOS2/c20-16(11-14-7-3-1-4-8-14)12-17-18(22)21(19(23)24-17)13-15-9-5-2-6-10-15/h1-12H,13H2/b16-11-,17-12+. The lowest BCUT2D eigenvalue weighted by Gasteiger charge is -2.14. The molecule has 0 atom stereocenters. The van der Waals surface area contributed by atoms with E-state index in [-0.39, 0.29) is 5.91 Å². The lowest BCUT2D eigenvalue weighted by molar-refractivity contribution is -0.122. The summed E-state index contributed by atoms with van der Waals surface area (Å²) in [4.78, 5) is 14.9. The molecular formula is C19H14BrNOS2. The largest absolute Gasteiger partial charge is 0.288 e. The molecule has 0 saturated carbocycles. The smallest absolute Gasteiger partial charge is 0.266 e. The number of carbonyl (C=O) groups excluding carboxylic acids is 1. The van der Waals surface area contributed by atoms with Crippen LogP contribution < -0.4 is 0 Å². The first kappa shape index (κ1) is 17.1. The van der Waals surface area contributed by atoms with Gasteiger partial charge in [0, 0.05) is 4.48 Å². The second kappa shape index (κ2) is 7.92. The predicted octanol–water partition coefficient (Wildman–Crippen LogP) is 5.37. The Hall–Kier alpha value is -1.69. The molecule has 0 bridgehead atoms. The Labute approximate surface area is 159 Å². The molecule has 0 spiro atoms. The molecule has 1 amide bonds. The Morgan fingerprint density at radius 1 is 1.08 bits per heavy atom. The molecular weight excluding hydrogens is 402 g/mol. The number of amides is 1. The third-order valence-electron chi connectivity index (χ3n) is 3.43. The molecule has 5 heteroatoms. The van der Waals surface area contributed by atoms with Gasteiger partial charge in [0.25, 0.3) is 5.91 Å². The maximum atomic E-state index is 12.6. The van der Waals surface area contributed by atoms with Gasteiger partial charge in [-0.25, -0.2) is 0 Å². The summed E-state index contributed by atoms with van der Waals surface area (Å²) in [6.45, 7) is 0.503. The Kier molecular flexibility index (Phi) is 5.66. The van der Waals surface area contributed by atoms with Gasteiger partial charge in [0.15, 0.2) is 0 Å². The number of hydrogen-bond donors (Lipinski definition) is 0. The van der Waals surface area contributed by atoms with Gasteiger partial charge in [0.05, 0.1) is 11.4 Å². The third kappa shape index (κ3) is 4.23. The SMILES string of the molecule is O=C1/C(=C\C(Br)=C\c2ccccc2)SC(=S)N1Cc1ccccc1. The van der Waals surface area contributed by atoms with Gasteiger partial charge in [-0.1, -0.05) is 101 Å². The van der Waals surface area contributed by atoms with Crippen LogP contribution in [-0.4, -0.2) is 15.1 Å². The second-order valence-corrected chi connectivity index (χ2v) is 7.78. The molecule has 120 valence electrons. The van der Waals surface area contributed by atoms with Crippen molar-refractivity contribution >= 4 is 56.2 Å². The van der Waals surface area contributed by atoms with E-state index in [9.17, 15) is 4.79 Å². The predicted molar refractivity (Wildman–Crippen MR) is 109 cm³/mol. The van der Waals surface area contributed by atoms with Crippen molar-refractivity contribution in [3.05, 3.63) is 87.3 Å². The van der Waals surface area contributed by atoms with E-state index < -0.39 is 0 Å². The van der Waals surface area contributed by atoms with Crippen molar-refractivity contribution in [3.63, 3.8) is 0 Å². The lowest BCUT2D eigenvalue weighted by Crippen LogP contribution is -2.27. The summed E-state index contributed by atoms with van der Waals surface area (Å²) in [7, 11) is 0. The van der Waals surface area contributed by atoms with E-state index in [4.69, 9.17) is 12.2 Å². The molecule has 2 aromatic rings. The molecule has 0 radical (unpaired) electrons.